The summed E-state index contributed by atoms with van der Waals surface area (Å²) in [6.45, 7) is 2.94. The molecule has 3 aromatic rings. The molecule has 0 aliphatic rings. The van der Waals surface area contributed by atoms with Gasteiger partial charge in [0.1, 0.15) is 0 Å². The lowest BCUT2D eigenvalue weighted by atomic mass is 10.1. The quantitative estimate of drug-likeness (QED) is 0.493. The highest BCUT2D eigenvalue weighted by Crippen LogP contribution is 2.21. The van der Waals surface area contributed by atoms with E-state index in [1.54, 1.807) is 24.3 Å². The van der Waals surface area contributed by atoms with Gasteiger partial charge in [-0.25, -0.2) is 8.42 Å². The highest BCUT2D eigenvalue weighted by atomic mass is 35.5. The average Bonchev–Trinajstić information content (AvgIpc) is 2.75. The number of benzene rings is 3. The third kappa shape index (κ3) is 6.89. The molecule has 172 valence electrons. The highest BCUT2D eigenvalue weighted by Gasteiger charge is 2.27. The number of halogens is 1. The normalized spacial score (nSPS) is 11.3. The number of nitrogens with one attached hydrogen (secondary N) is 2. The molecule has 0 bridgehead atoms. The summed E-state index contributed by atoms with van der Waals surface area (Å²) < 4.78 is 27.8. The second-order valence-electron chi connectivity index (χ2n) is 7.52. The van der Waals surface area contributed by atoms with E-state index in [2.05, 4.69) is 10.6 Å². The number of carbonyl (C=O) groups is 2. The summed E-state index contributed by atoms with van der Waals surface area (Å²) >= 11 is 5.91. The number of aryl methyl sites for hydroxylation is 1. The van der Waals surface area contributed by atoms with Crippen molar-refractivity contribution in [1.29, 1.82) is 0 Å². The van der Waals surface area contributed by atoms with Crippen LogP contribution in [0.15, 0.2) is 77.7 Å². The maximum absolute atomic E-state index is 13.3. The Kier molecular flexibility index (Phi) is 7.86. The molecule has 0 heterocycles. The van der Waals surface area contributed by atoms with Crippen molar-refractivity contribution in [3.63, 3.8) is 0 Å². The fraction of sp³-hybridized carbons (Fsp3) is 0.167. The Morgan fingerprint density at radius 1 is 0.909 bits per heavy atom. The predicted octanol–water partition coefficient (Wildman–Crippen LogP) is 4.44. The van der Waals surface area contributed by atoms with Gasteiger partial charge in [0.15, 0.2) is 0 Å². The summed E-state index contributed by atoms with van der Waals surface area (Å²) in [5.74, 6) is -0.753. The van der Waals surface area contributed by atoms with E-state index in [9.17, 15) is 18.0 Å². The zero-order valence-electron chi connectivity index (χ0n) is 18.2. The molecule has 2 amide bonds. The fourth-order valence-electron chi connectivity index (χ4n) is 3.12. The first kappa shape index (κ1) is 24.4. The molecule has 0 aromatic heterocycles. The van der Waals surface area contributed by atoms with Crippen molar-refractivity contribution in [3.05, 3.63) is 88.9 Å². The van der Waals surface area contributed by atoms with Crippen molar-refractivity contribution in [2.75, 3.05) is 17.2 Å². The minimum Gasteiger partial charge on any atom is -0.326 e. The van der Waals surface area contributed by atoms with Gasteiger partial charge >= 0.3 is 0 Å². The maximum Gasteiger partial charge on any atom is 0.243 e. The van der Waals surface area contributed by atoms with Gasteiger partial charge in [-0.2, -0.15) is 4.31 Å². The lowest BCUT2D eigenvalue weighted by molar-refractivity contribution is -0.116. The van der Waals surface area contributed by atoms with E-state index in [1.165, 1.54) is 31.2 Å². The minimum atomic E-state index is -3.98. The summed E-state index contributed by atoms with van der Waals surface area (Å²) in [5.41, 5.74) is 2.75. The van der Waals surface area contributed by atoms with Gasteiger partial charge in [0, 0.05) is 29.9 Å². The van der Waals surface area contributed by atoms with Gasteiger partial charge in [0.2, 0.25) is 21.8 Å². The van der Waals surface area contributed by atoms with Gasteiger partial charge in [-0.05, 0) is 55.0 Å². The number of hydrogen-bond donors (Lipinski definition) is 2. The Morgan fingerprint density at radius 3 is 2.12 bits per heavy atom. The van der Waals surface area contributed by atoms with Crippen LogP contribution >= 0.6 is 11.6 Å². The minimum absolute atomic E-state index is 0.0184. The molecule has 2 N–H and O–H groups in total. The molecule has 3 rings (SSSR count). The Balaban J connectivity index is 1.84. The molecule has 0 atom stereocenters. The summed E-state index contributed by atoms with van der Waals surface area (Å²) in [6.07, 6.45) is 0. The van der Waals surface area contributed by atoms with Crippen LogP contribution in [0.5, 0.6) is 0 Å². The van der Waals surface area contributed by atoms with Gasteiger partial charge in [-0.1, -0.05) is 47.5 Å². The van der Waals surface area contributed by atoms with Gasteiger partial charge in [-0.3, -0.25) is 9.59 Å². The lowest BCUT2D eigenvalue weighted by Gasteiger charge is -2.22. The van der Waals surface area contributed by atoms with Gasteiger partial charge < -0.3 is 10.6 Å². The topological polar surface area (TPSA) is 95.6 Å². The van der Waals surface area contributed by atoms with Crippen LogP contribution in [0.25, 0.3) is 0 Å². The molecule has 7 nitrogen and oxygen atoms in total. The summed E-state index contributed by atoms with van der Waals surface area (Å²) in [4.78, 5) is 24.1. The molecule has 0 radical (unpaired) electrons. The van der Waals surface area contributed by atoms with Crippen LogP contribution < -0.4 is 10.6 Å². The zero-order valence-corrected chi connectivity index (χ0v) is 19.8. The van der Waals surface area contributed by atoms with E-state index in [1.807, 2.05) is 31.2 Å². The van der Waals surface area contributed by atoms with Crippen LogP contribution in [-0.4, -0.2) is 31.1 Å². The molecule has 0 spiro atoms. The predicted molar refractivity (Wildman–Crippen MR) is 130 cm³/mol. The Morgan fingerprint density at radius 2 is 1.52 bits per heavy atom. The van der Waals surface area contributed by atoms with Crippen molar-refractivity contribution in [3.8, 4) is 0 Å². The smallest absolute Gasteiger partial charge is 0.243 e. The van der Waals surface area contributed by atoms with Crippen LogP contribution in [0.4, 0.5) is 11.4 Å². The van der Waals surface area contributed by atoms with E-state index in [4.69, 9.17) is 11.6 Å². The molecule has 0 unspecified atom stereocenters. The maximum atomic E-state index is 13.3. The summed E-state index contributed by atoms with van der Waals surface area (Å²) in [5, 5.41) is 5.75. The Hall–Kier alpha value is -3.20. The molecular formula is C24H24ClN3O4S. The van der Waals surface area contributed by atoms with E-state index < -0.39 is 22.5 Å². The van der Waals surface area contributed by atoms with Crippen molar-refractivity contribution < 1.29 is 18.0 Å². The average molecular weight is 486 g/mol. The molecular weight excluding hydrogens is 462 g/mol. The van der Waals surface area contributed by atoms with Crippen molar-refractivity contribution in [1.82, 2.24) is 4.31 Å². The number of anilines is 2. The van der Waals surface area contributed by atoms with Gasteiger partial charge in [0.05, 0.1) is 11.4 Å². The van der Waals surface area contributed by atoms with E-state index in [0.29, 0.717) is 16.4 Å². The molecule has 33 heavy (non-hydrogen) atoms. The number of hydrogen-bond acceptors (Lipinski definition) is 4. The molecule has 0 saturated heterocycles. The van der Waals surface area contributed by atoms with Crippen LogP contribution in [0.2, 0.25) is 5.02 Å². The molecule has 3 aromatic carbocycles. The number of amides is 2. The highest BCUT2D eigenvalue weighted by molar-refractivity contribution is 7.89. The van der Waals surface area contributed by atoms with Crippen LogP contribution in [0, 0.1) is 6.92 Å². The van der Waals surface area contributed by atoms with Crippen LogP contribution in [0.1, 0.15) is 18.1 Å². The van der Waals surface area contributed by atoms with Crippen LogP contribution in [0.3, 0.4) is 0 Å². The van der Waals surface area contributed by atoms with E-state index in [0.717, 1.165) is 15.4 Å². The fourth-order valence-corrected chi connectivity index (χ4v) is 4.63. The third-order valence-corrected chi connectivity index (χ3v) is 6.78. The first-order valence-electron chi connectivity index (χ1n) is 10.1. The standard InChI is InChI=1S/C24H24ClN3O4S/c1-17-6-8-19(9-7-17)15-28(33(31,32)23-12-10-20(25)11-13-23)16-24(30)27-22-5-3-4-21(14-22)26-18(2)29/h3-14H,15-16H2,1-2H3,(H,26,29)(H,27,30). The number of carbonyl (C=O) groups excluding carboxylic acids is 2. The van der Waals surface area contributed by atoms with Crippen molar-refractivity contribution in [2.24, 2.45) is 0 Å². The lowest BCUT2D eigenvalue weighted by Crippen LogP contribution is -2.37. The number of rotatable bonds is 8. The first-order valence-corrected chi connectivity index (χ1v) is 11.9. The third-order valence-electron chi connectivity index (χ3n) is 4.72. The van der Waals surface area contributed by atoms with Crippen LogP contribution in [-0.2, 0) is 26.2 Å². The van der Waals surface area contributed by atoms with Gasteiger partial charge in [0.25, 0.3) is 0 Å². The second kappa shape index (κ2) is 10.6. The molecule has 0 aliphatic heterocycles. The number of nitrogens with zero attached hydrogens (tertiary/aromatic N) is 1. The number of sulfonamides is 1. The zero-order chi connectivity index (χ0) is 24.0. The molecule has 0 aliphatic carbocycles. The first-order chi connectivity index (χ1) is 15.6. The Labute approximate surface area is 198 Å². The summed E-state index contributed by atoms with van der Waals surface area (Å²) in [7, 11) is -3.98. The van der Waals surface area contributed by atoms with E-state index in [-0.39, 0.29) is 17.3 Å². The Bertz CT molecular complexity index is 1240. The molecule has 0 saturated carbocycles. The van der Waals surface area contributed by atoms with Crippen molar-refractivity contribution in [2.45, 2.75) is 25.3 Å². The summed E-state index contributed by atoms with van der Waals surface area (Å²) in [6, 6.07) is 19.8. The van der Waals surface area contributed by atoms with Gasteiger partial charge in [-0.15, -0.1) is 0 Å². The monoisotopic (exact) mass is 485 g/mol. The largest absolute Gasteiger partial charge is 0.326 e. The van der Waals surface area contributed by atoms with E-state index >= 15 is 0 Å². The van der Waals surface area contributed by atoms with Crippen molar-refractivity contribution >= 4 is 44.8 Å². The SMILES string of the molecule is CC(=O)Nc1cccc(NC(=O)CN(Cc2ccc(C)cc2)S(=O)(=O)c2ccc(Cl)cc2)c1. The molecule has 0 fully saturated rings. The molecule has 9 heteroatoms. The second-order valence-corrected chi connectivity index (χ2v) is 9.90.